The number of aromatic nitrogens is 3. The van der Waals surface area contributed by atoms with Crippen LogP contribution >= 0.6 is 0 Å². The van der Waals surface area contributed by atoms with Gasteiger partial charge in [-0.1, -0.05) is 37.3 Å². The number of benzene rings is 1. The minimum Gasteiger partial charge on any atom is -0.349 e. The summed E-state index contributed by atoms with van der Waals surface area (Å²) in [5.41, 5.74) is 6.94. The van der Waals surface area contributed by atoms with Crippen LogP contribution in [0, 0.1) is 0 Å². The van der Waals surface area contributed by atoms with E-state index < -0.39 is 0 Å². The normalized spacial score (nSPS) is 11.4. The van der Waals surface area contributed by atoms with Gasteiger partial charge >= 0.3 is 0 Å². The summed E-state index contributed by atoms with van der Waals surface area (Å²) >= 11 is 0. The first-order valence-corrected chi connectivity index (χ1v) is 7.13. The quantitative estimate of drug-likeness (QED) is 0.843. The second-order valence-electron chi connectivity index (χ2n) is 5.14. The first-order valence-electron chi connectivity index (χ1n) is 7.13. The molecular formula is C15H21N5O. The van der Waals surface area contributed by atoms with Crippen molar-refractivity contribution in [2.45, 2.75) is 32.2 Å². The number of nitrogens with one attached hydrogen (secondary N) is 1. The van der Waals surface area contributed by atoms with E-state index in [1.54, 1.807) is 10.9 Å². The molecule has 1 heterocycles. The van der Waals surface area contributed by atoms with Gasteiger partial charge in [-0.05, 0) is 25.0 Å². The van der Waals surface area contributed by atoms with Gasteiger partial charge in [-0.25, -0.2) is 4.68 Å². The molecule has 6 heteroatoms. The van der Waals surface area contributed by atoms with Crippen LogP contribution in [0.15, 0.2) is 36.5 Å². The van der Waals surface area contributed by atoms with Crippen LogP contribution in [0.3, 0.4) is 0 Å². The highest BCUT2D eigenvalue weighted by molar-refractivity contribution is 5.91. The van der Waals surface area contributed by atoms with Crippen molar-refractivity contribution in [2.24, 2.45) is 5.73 Å². The Kier molecular flexibility index (Phi) is 4.70. The number of amides is 1. The Morgan fingerprint density at radius 1 is 1.29 bits per heavy atom. The molecule has 0 spiro atoms. The van der Waals surface area contributed by atoms with Crippen LogP contribution in [-0.2, 0) is 0 Å². The predicted octanol–water partition coefficient (Wildman–Crippen LogP) is 1.51. The first kappa shape index (κ1) is 15.2. The van der Waals surface area contributed by atoms with Crippen LogP contribution in [0.1, 0.15) is 37.2 Å². The maximum absolute atomic E-state index is 12.1. The smallest absolute Gasteiger partial charge is 0.273 e. The van der Waals surface area contributed by atoms with Crippen molar-refractivity contribution in [2.75, 3.05) is 6.54 Å². The monoisotopic (exact) mass is 287 g/mol. The fraction of sp³-hybridized carbons (Fsp3) is 0.400. The summed E-state index contributed by atoms with van der Waals surface area (Å²) in [6.45, 7) is 4.46. The Morgan fingerprint density at radius 2 is 1.95 bits per heavy atom. The van der Waals surface area contributed by atoms with Gasteiger partial charge in [0, 0.05) is 12.1 Å². The summed E-state index contributed by atoms with van der Waals surface area (Å²) in [6.07, 6.45) is 3.22. The SMILES string of the molecule is CCC(N)(CC)CNC(=O)c1cn(-c2ccccc2)nn1. The minimum atomic E-state index is -0.370. The molecule has 2 aromatic rings. The van der Waals surface area contributed by atoms with Gasteiger partial charge in [0.05, 0.1) is 11.9 Å². The number of rotatable bonds is 6. The molecule has 112 valence electrons. The fourth-order valence-corrected chi connectivity index (χ4v) is 1.92. The molecule has 21 heavy (non-hydrogen) atoms. The number of nitrogens with zero attached hydrogens (tertiary/aromatic N) is 3. The summed E-state index contributed by atoms with van der Waals surface area (Å²) in [5, 5.41) is 10.7. The Bertz CT molecular complexity index is 589. The molecule has 0 aliphatic carbocycles. The van der Waals surface area contributed by atoms with Gasteiger partial charge in [0.15, 0.2) is 5.69 Å². The van der Waals surface area contributed by atoms with Gasteiger partial charge in [0.25, 0.3) is 5.91 Å². The van der Waals surface area contributed by atoms with Gasteiger partial charge in [-0.15, -0.1) is 5.10 Å². The third kappa shape index (κ3) is 3.66. The van der Waals surface area contributed by atoms with E-state index in [0.717, 1.165) is 18.5 Å². The van der Waals surface area contributed by atoms with Crippen molar-refractivity contribution in [1.82, 2.24) is 20.3 Å². The molecular weight excluding hydrogens is 266 g/mol. The molecule has 0 saturated heterocycles. The number of carbonyl (C=O) groups excluding carboxylic acids is 1. The van der Waals surface area contributed by atoms with Crippen LogP contribution in [0.25, 0.3) is 5.69 Å². The lowest BCUT2D eigenvalue weighted by Gasteiger charge is -2.26. The van der Waals surface area contributed by atoms with Gasteiger partial charge < -0.3 is 11.1 Å². The van der Waals surface area contributed by atoms with Gasteiger partial charge in [-0.3, -0.25) is 4.79 Å². The summed E-state index contributed by atoms with van der Waals surface area (Å²) in [7, 11) is 0. The summed E-state index contributed by atoms with van der Waals surface area (Å²) in [5.74, 6) is -0.256. The largest absolute Gasteiger partial charge is 0.349 e. The number of hydrogen-bond acceptors (Lipinski definition) is 4. The average Bonchev–Trinajstić information content (AvgIpc) is 3.03. The van der Waals surface area contributed by atoms with Crippen molar-refractivity contribution in [3.63, 3.8) is 0 Å². The Hall–Kier alpha value is -2.21. The second-order valence-corrected chi connectivity index (χ2v) is 5.14. The number of hydrogen-bond donors (Lipinski definition) is 2. The lowest BCUT2D eigenvalue weighted by atomic mass is 9.94. The zero-order chi connectivity index (χ0) is 15.3. The highest BCUT2D eigenvalue weighted by atomic mass is 16.2. The molecule has 0 fully saturated rings. The zero-order valence-corrected chi connectivity index (χ0v) is 12.4. The third-order valence-corrected chi connectivity index (χ3v) is 3.76. The number of para-hydroxylation sites is 1. The van der Waals surface area contributed by atoms with Crippen LogP contribution in [0.2, 0.25) is 0 Å². The topological polar surface area (TPSA) is 85.8 Å². The third-order valence-electron chi connectivity index (χ3n) is 3.76. The fourth-order valence-electron chi connectivity index (χ4n) is 1.92. The van der Waals surface area contributed by atoms with Crippen molar-refractivity contribution in [3.8, 4) is 5.69 Å². The lowest BCUT2D eigenvalue weighted by molar-refractivity contribution is 0.0937. The second kappa shape index (κ2) is 6.49. The molecule has 0 bridgehead atoms. The van der Waals surface area contributed by atoms with Crippen molar-refractivity contribution in [1.29, 1.82) is 0 Å². The van der Waals surface area contributed by atoms with Gasteiger partial charge in [0.1, 0.15) is 0 Å². The molecule has 0 aliphatic heterocycles. The Labute approximate surface area is 124 Å². The molecule has 0 saturated carbocycles. The van der Waals surface area contributed by atoms with Crippen LogP contribution in [0.5, 0.6) is 0 Å². The van der Waals surface area contributed by atoms with E-state index in [9.17, 15) is 4.79 Å². The van der Waals surface area contributed by atoms with Gasteiger partial charge in [0.2, 0.25) is 0 Å². The molecule has 0 aliphatic rings. The maximum Gasteiger partial charge on any atom is 0.273 e. The molecule has 1 aromatic heterocycles. The van der Waals surface area contributed by atoms with E-state index in [-0.39, 0.29) is 17.1 Å². The summed E-state index contributed by atoms with van der Waals surface area (Å²) < 4.78 is 1.57. The minimum absolute atomic E-state index is 0.256. The van der Waals surface area contributed by atoms with Crippen LogP contribution < -0.4 is 11.1 Å². The molecule has 3 N–H and O–H groups in total. The number of nitrogens with two attached hydrogens (primary N) is 1. The first-order chi connectivity index (χ1) is 10.1. The van der Waals surface area contributed by atoms with Crippen molar-refractivity contribution >= 4 is 5.91 Å². The zero-order valence-electron chi connectivity index (χ0n) is 12.4. The molecule has 0 unspecified atom stereocenters. The predicted molar refractivity (Wildman–Crippen MR) is 81.2 cm³/mol. The molecule has 2 rings (SSSR count). The molecule has 0 atom stereocenters. The Morgan fingerprint density at radius 3 is 2.57 bits per heavy atom. The Balaban J connectivity index is 2.03. The van der Waals surface area contributed by atoms with E-state index in [0.29, 0.717) is 6.54 Å². The van der Waals surface area contributed by atoms with E-state index in [4.69, 9.17) is 5.73 Å². The van der Waals surface area contributed by atoms with Crippen molar-refractivity contribution in [3.05, 3.63) is 42.2 Å². The van der Waals surface area contributed by atoms with Crippen LogP contribution in [-0.4, -0.2) is 33.0 Å². The standard InChI is InChI=1S/C15H21N5O/c1-3-15(16,4-2)11-17-14(21)13-10-20(19-18-13)12-8-6-5-7-9-12/h5-10H,3-4,11,16H2,1-2H3,(H,17,21). The highest BCUT2D eigenvalue weighted by Crippen LogP contribution is 2.10. The van der Waals surface area contributed by atoms with E-state index >= 15 is 0 Å². The number of carbonyl (C=O) groups is 1. The highest BCUT2D eigenvalue weighted by Gasteiger charge is 2.22. The van der Waals surface area contributed by atoms with Crippen molar-refractivity contribution < 1.29 is 4.79 Å². The van der Waals surface area contributed by atoms with Gasteiger partial charge in [-0.2, -0.15) is 0 Å². The van der Waals surface area contributed by atoms with E-state index in [2.05, 4.69) is 15.6 Å². The van der Waals surface area contributed by atoms with Crippen LogP contribution in [0.4, 0.5) is 0 Å². The van der Waals surface area contributed by atoms with E-state index in [1.807, 2.05) is 44.2 Å². The molecule has 6 nitrogen and oxygen atoms in total. The lowest BCUT2D eigenvalue weighted by Crippen LogP contribution is -2.49. The molecule has 1 aromatic carbocycles. The molecule has 1 amide bonds. The maximum atomic E-state index is 12.1. The molecule has 0 radical (unpaired) electrons. The summed E-state index contributed by atoms with van der Waals surface area (Å²) in [6, 6.07) is 9.53. The van der Waals surface area contributed by atoms with E-state index in [1.165, 1.54) is 0 Å². The summed E-state index contributed by atoms with van der Waals surface area (Å²) in [4.78, 5) is 12.1. The average molecular weight is 287 g/mol.